The summed E-state index contributed by atoms with van der Waals surface area (Å²) in [5.74, 6) is 0.760. The van der Waals surface area contributed by atoms with Crippen LogP contribution in [0.1, 0.15) is 159 Å². The summed E-state index contributed by atoms with van der Waals surface area (Å²) in [6, 6.07) is 6.71. The average molecular weight is 531 g/mol. The Morgan fingerprint density at radius 2 is 1.26 bits per heavy atom. The van der Waals surface area contributed by atoms with Gasteiger partial charge in [0.15, 0.2) is 0 Å². The Labute approximate surface area is 219 Å². The zero-order valence-electron chi connectivity index (χ0n) is 22.2. The molecule has 3 rings (SSSR count). The molecule has 0 saturated heterocycles. The quantitative estimate of drug-likeness (QED) is 0.174. The van der Waals surface area contributed by atoms with Gasteiger partial charge in [0.05, 0.1) is 0 Å². The SMILES string of the molecule is CCCCCCCCCCCCCCCCCCCCC1CCCc2c1[nH]c1ccc(Br)cc21. The molecule has 1 unspecified atom stereocenters. The highest BCUT2D eigenvalue weighted by Crippen LogP contribution is 2.39. The van der Waals surface area contributed by atoms with Crippen LogP contribution < -0.4 is 0 Å². The van der Waals surface area contributed by atoms with E-state index in [1.807, 2.05) is 0 Å². The van der Waals surface area contributed by atoms with Crippen LogP contribution in [0.15, 0.2) is 22.7 Å². The predicted molar refractivity (Wildman–Crippen MR) is 155 cm³/mol. The van der Waals surface area contributed by atoms with Crippen LogP contribution in [0.4, 0.5) is 0 Å². The number of rotatable bonds is 19. The molecule has 1 heterocycles. The van der Waals surface area contributed by atoms with E-state index >= 15 is 0 Å². The highest BCUT2D eigenvalue weighted by molar-refractivity contribution is 9.10. The smallest absolute Gasteiger partial charge is 0.0459 e. The number of hydrogen-bond acceptors (Lipinski definition) is 0. The molecule has 1 nitrogen and oxygen atoms in total. The molecule has 0 saturated carbocycles. The summed E-state index contributed by atoms with van der Waals surface area (Å²) in [5.41, 5.74) is 4.50. The van der Waals surface area contributed by atoms with Crippen molar-refractivity contribution in [3.8, 4) is 0 Å². The maximum absolute atomic E-state index is 3.78. The summed E-state index contributed by atoms with van der Waals surface area (Å²) in [6.45, 7) is 2.30. The van der Waals surface area contributed by atoms with Gasteiger partial charge in [-0.1, -0.05) is 138 Å². The van der Waals surface area contributed by atoms with Crippen molar-refractivity contribution in [1.29, 1.82) is 0 Å². The first-order valence-corrected chi connectivity index (χ1v) is 15.9. The Balaban J connectivity index is 1.14. The van der Waals surface area contributed by atoms with E-state index in [1.54, 1.807) is 11.3 Å². The molecule has 0 spiro atoms. The first kappa shape index (κ1) is 27.8. The normalized spacial score (nSPS) is 15.8. The summed E-state index contributed by atoms with van der Waals surface area (Å²) < 4.78 is 1.20. The lowest BCUT2D eigenvalue weighted by molar-refractivity contribution is 0.475. The van der Waals surface area contributed by atoms with Crippen molar-refractivity contribution in [2.24, 2.45) is 0 Å². The van der Waals surface area contributed by atoms with Gasteiger partial charge in [-0.05, 0) is 55.4 Å². The molecular formula is C32H52BrN. The van der Waals surface area contributed by atoms with E-state index in [1.165, 1.54) is 157 Å². The van der Waals surface area contributed by atoms with E-state index in [0.717, 1.165) is 5.92 Å². The Bertz CT molecular complexity index is 792. The molecule has 0 fully saturated rings. The summed E-state index contributed by atoms with van der Waals surface area (Å²) in [6.07, 6.45) is 31.6. The standard InChI is InChI=1S/C32H52BrN/c1-2-3-4-5-6-7-8-9-10-11-12-13-14-15-16-17-18-19-21-27-22-20-23-29-30-26-28(33)24-25-31(30)34-32(27)29/h24-27,34H,2-23H2,1H3. The molecule has 34 heavy (non-hydrogen) atoms. The number of nitrogens with one attached hydrogen (secondary N) is 1. The zero-order chi connectivity index (χ0) is 23.8. The van der Waals surface area contributed by atoms with Crippen molar-refractivity contribution in [1.82, 2.24) is 4.98 Å². The van der Waals surface area contributed by atoms with Crippen molar-refractivity contribution in [2.45, 2.75) is 154 Å². The van der Waals surface area contributed by atoms with E-state index in [9.17, 15) is 0 Å². The van der Waals surface area contributed by atoms with Crippen molar-refractivity contribution < 1.29 is 0 Å². The lowest BCUT2D eigenvalue weighted by Gasteiger charge is -2.22. The number of aromatic nitrogens is 1. The third-order valence-electron chi connectivity index (χ3n) is 8.19. The molecule has 2 aromatic rings. The van der Waals surface area contributed by atoms with Crippen molar-refractivity contribution in [3.63, 3.8) is 0 Å². The van der Waals surface area contributed by atoms with Gasteiger partial charge in [-0.2, -0.15) is 0 Å². The van der Waals surface area contributed by atoms with Crippen LogP contribution in [-0.4, -0.2) is 4.98 Å². The number of hydrogen-bond donors (Lipinski definition) is 1. The lowest BCUT2D eigenvalue weighted by atomic mass is 9.83. The van der Waals surface area contributed by atoms with Gasteiger partial charge >= 0.3 is 0 Å². The number of benzene rings is 1. The largest absolute Gasteiger partial charge is 0.358 e. The lowest BCUT2D eigenvalue weighted by Crippen LogP contribution is -2.09. The highest BCUT2D eigenvalue weighted by Gasteiger charge is 2.23. The Kier molecular flexibility index (Phi) is 13.8. The van der Waals surface area contributed by atoms with Crippen LogP contribution in [0.3, 0.4) is 0 Å². The zero-order valence-corrected chi connectivity index (χ0v) is 23.8. The molecule has 1 aliphatic rings. The summed E-state index contributed by atoms with van der Waals surface area (Å²) in [5, 5.41) is 1.45. The second-order valence-corrected chi connectivity index (χ2v) is 12.0. The van der Waals surface area contributed by atoms with Crippen molar-refractivity contribution in [2.75, 3.05) is 0 Å². The van der Waals surface area contributed by atoms with Gasteiger partial charge in [-0.15, -0.1) is 0 Å². The molecule has 1 aliphatic carbocycles. The average Bonchev–Trinajstić information content (AvgIpc) is 3.22. The van der Waals surface area contributed by atoms with Gasteiger partial charge in [0.2, 0.25) is 0 Å². The minimum absolute atomic E-state index is 0.760. The Morgan fingerprint density at radius 3 is 1.82 bits per heavy atom. The van der Waals surface area contributed by atoms with Crippen LogP contribution in [0.25, 0.3) is 10.9 Å². The fourth-order valence-corrected chi connectivity index (χ4v) is 6.47. The number of fused-ring (bicyclic) bond motifs is 3. The maximum atomic E-state index is 3.78. The fourth-order valence-electron chi connectivity index (χ4n) is 6.11. The molecule has 1 aromatic carbocycles. The third kappa shape index (κ3) is 9.71. The summed E-state index contributed by atoms with van der Waals surface area (Å²) in [4.78, 5) is 3.78. The molecule has 1 atom stereocenters. The molecule has 1 aromatic heterocycles. The second-order valence-electron chi connectivity index (χ2n) is 11.1. The van der Waals surface area contributed by atoms with E-state index in [2.05, 4.69) is 46.0 Å². The van der Waals surface area contributed by atoms with Crippen molar-refractivity contribution in [3.05, 3.63) is 33.9 Å². The molecule has 0 radical (unpaired) electrons. The first-order chi connectivity index (χ1) is 16.8. The number of halogens is 1. The number of aryl methyl sites for hydroxylation is 1. The van der Waals surface area contributed by atoms with E-state index in [0.29, 0.717) is 0 Å². The maximum Gasteiger partial charge on any atom is 0.0459 e. The van der Waals surface area contributed by atoms with Crippen LogP contribution in [-0.2, 0) is 6.42 Å². The Hall–Kier alpha value is -0.760. The molecule has 0 amide bonds. The summed E-state index contributed by atoms with van der Waals surface area (Å²) >= 11 is 3.65. The van der Waals surface area contributed by atoms with Crippen LogP contribution in [0.2, 0.25) is 0 Å². The molecule has 1 N–H and O–H groups in total. The molecule has 192 valence electrons. The van der Waals surface area contributed by atoms with Gasteiger partial charge < -0.3 is 4.98 Å². The Morgan fingerprint density at radius 1 is 0.735 bits per heavy atom. The van der Waals surface area contributed by atoms with Gasteiger partial charge in [-0.3, -0.25) is 0 Å². The third-order valence-corrected chi connectivity index (χ3v) is 8.69. The highest BCUT2D eigenvalue weighted by atomic mass is 79.9. The molecule has 2 heteroatoms. The van der Waals surface area contributed by atoms with Crippen molar-refractivity contribution >= 4 is 26.8 Å². The number of aromatic amines is 1. The second kappa shape index (κ2) is 16.8. The van der Waals surface area contributed by atoms with E-state index < -0.39 is 0 Å². The minimum atomic E-state index is 0.760. The van der Waals surface area contributed by atoms with Crippen LogP contribution in [0, 0.1) is 0 Å². The molecule has 0 bridgehead atoms. The van der Waals surface area contributed by atoms with Gasteiger partial charge in [0.25, 0.3) is 0 Å². The van der Waals surface area contributed by atoms with E-state index in [4.69, 9.17) is 0 Å². The molecular weight excluding hydrogens is 478 g/mol. The van der Waals surface area contributed by atoms with Gasteiger partial charge in [-0.25, -0.2) is 0 Å². The number of H-pyrrole nitrogens is 1. The van der Waals surface area contributed by atoms with E-state index in [-0.39, 0.29) is 0 Å². The van der Waals surface area contributed by atoms with Crippen LogP contribution in [0.5, 0.6) is 0 Å². The van der Waals surface area contributed by atoms with Gasteiger partial charge in [0.1, 0.15) is 0 Å². The molecule has 0 aliphatic heterocycles. The minimum Gasteiger partial charge on any atom is -0.358 e. The first-order valence-electron chi connectivity index (χ1n) is 15.1. The monoisotopic (exact) mass is 529 g/mol. The predicted octanol–water partition coefficient (Wildman–Crippen LogP) is 11.8. The fraction of sp³-hybridized carbons (Fsp3) is 0.750. The topological polar surface area (TPSA) is 15.8 Å². The van der Waals surface area contributed by atoms with Gasteiger partial charge in [0, 0.05) is 21.1 Å². The summed E-state index contributed by atoms with van der Waals surface area (Å²) in [7, 11) is 0. The van der Waals surface area contributed by atoms with Crippen LogP contribution >= 0.6 is 15.9 Å². The number of unbranched alkanes of at least 4 members (excludes halogenated alkanes) is 17.